The van der Waals surface area contributed by atoms with Crippen LogP contribution in [0.4, 0.5) is 5.82 Å². The number of anilines is 1. The Morgan fingerprint density at radius 1 is 1.15 bits per heavy atom. The zero-order chi connectivity index (χ0) is 23.2. The number of thioether (sulfide) groups is 1. The third kappa shape index (κ3) is 5.57. The van der Waals surface area contributed by atoms with Crippen molar-refractivity contribution < 1.29 is 19.4 Å². The van der Waals surface area contributed by atoms with Gasteiger partial charge in [-0.3, -0.25) is 0 Å². The summed E-state index contributed by atoms with van der Waals surface area (Å²) in [5.74, 6) is 0.966. The van der Waals surface area contributed by atoms with E-state index in [4.69, 9.17) is 9.47 Å². The van der Waals surface area contributed by atoms with Crippen LogP contribution in [0.1, 0.15) is 35.2 Å². The highest BCUT2D eigenvalue weighted by Gasteiger charge is 2.22. The molecule has 0 saturated heterocycles. The normalized spacial score (nSPS) is 13.3. The monoisotopic (exact) mass is 465 g/mol. The van der Waals surface area contributed by atoms with Crippen LogP contribution in [0.3, 0.4) is 0 Å². The van der Waals surface area contributed by atoms with Gasteiger partial charge in [0.2, 0.25) is 0 Å². The lowest BCUT2D eigenvalue weighted by molar-refractivity contribution is 0.0680. The molecule has 1 aliphatic rings. The number of ether oxygens (including phenoxy) is 2. The lowest BCUT2D eigenvalue weighted by Gasteiger charge is -2.27. The molecule has 3 aromatic rings. The number of carbonyl (C=O) groups is 1. The molecule has 1 fully saturated rings. The molecule has 7 nitrogen and oxygen atoms in total. The molecule has 0 bridgehead atoms. The van der Waals surface area contributed by atoms with Gasteiger partial charge in [0.05, 0.1) is 18.9 Å². The van der Waals surface area contributed by atoms with Gasteiger partial charge in [0.1, 0.15) is 29.2 Å². The number of aromatic nitrogens is 2. The summed E-state index contributed by atoms with van der Waals surface area (Å²) in [7, 11) is 1.69. The van der Waals surface area contributed by atoms with Crippen LogP contribution in [0.2, 0.25) is 0 Å². The number of carboxylic acid groups (broad SMARTS) is 1. The van der Waals surface area contributed by atoms with Crippen molar-refractivity contribution in [2.24, 2.45) is 0 Å². The first kappa shape index (κ1) is 22.9. The molecule has 0 radical (unpaired) electrons. The molecule has 4 rings (SSSR count). The summed E-state index contributed by atoms with van der Waals surface area (Å²) in [6.45, 7) is 0.680. The zero-order valence-corrected chi connectivity index (χ0v) is 19.5. The molecular weight excluding hydrogens is 438 g/mol. The van der Waals surface area contributed by atoms with Crippen molar-refractivity contribution >= 4 is 23.5 Å². The lowest BCUT2D eigenvalue weighted by atomic mass is 9.96. The number of nitrogens with zero attached hydrogens (tertiary/aromatic N) is 2. The number of aromatic carboxylic acids is 1. The van der Waals surface area contributed by atoms with Crippen LogP contribution in [0.5, 0.6) is 11.5 Å². The van der Waals surface area contributed by atoms with Crippen LogP contribution in [-0.4, -0.2) is 47.1 Å². The fourth-order valence-electron chi connectivity index (χ4n) is 3.62. The summed E-state index contributed by atoms with van der Waals surface area (Å²) >= 11 is 1.68. The predicted molar refractivity (Wildman–Crippen MR) is 130 cm³/mol. The summed E-state index contributed by atoms with van der Waals surface area (Å²) in [5, 5.41) is 12.8. The van der Waals surface area contributed by atoms with Crippen molar-refractivity contribution in [3.63, 3.8) is 0 Å². The molecule has 0 amide bonds. The van der Waals surface area contributed by atoms with Crippen LogP contribution >= 0.6 is 11.8 Å². The van der Waals surface area contributed by atoms with Crippen molar-refractivity contribution in [2.75, 3.05) is 25.2 Å². The first-order valence-corrected chi connectivity index (χ1v) is 12.1. The summed E-state index contributed by atoms with van der Waals surface area (Å²) in [6, 6.07) is 13.2. The molecule has 1 aliphatic carbocycles. The molecule has 1 aromatic heterocycles. The fourth-order valence-corrected chi connectivity index (χ4v) is 4.05. The topological polar surface area (TPSA) is 93.6 Å². The number of rotatable bonds is 10. The second-order valence-electron chi connectivity index (χ2n) is 7.83. The second-order valence-corrected chi connectivity index (χ2v) is 8.71. The molecule has 1 saturated carbocycles. The van der Waals surface area contributed by atoms with Gasteiger partial charge < -0.3 is 19.9 Å². The number of nitrogens with one attached hydrogen (secondary N) is 1. The summed E-state index contributed by atoms with van der Waals surface area (Å²) in [5.41, 5.74) is 2.78. The van der Waals surface area contributed by atoms with E-state index in [1.165, 1.54) is 11.2 Å². The second kappa shape index (κ2) is 10.6. The van der Waals surface area contributed by atoms with Gasteiger partial charge in [-0.2, -0.15) is 0 Å². The summed E-state index contributed by atoms with van der Waals surface area (Å²) in [4.78, 5) is 21.5. The van der Waals surface area contributed by atoms with E-state index in [9.17, 15) is 9.90 Å². The van der Waals surface area contributed by atoms with Crippen LogP contribution in [0.15, 0.2) is 53.7 Å². The maximum Gasteiger partial charge on any atom is 0.339 e. The zero-order valence-electron chi connectivity index (χ0n) is 18.7. The highest BCUT2D eigenvalue weighted by Crippen LogP contribution is 2.32. The van der Waals surface area contributed by atoms with E-state index in [2.05, 4.69) is 27.4 Å². The van der Waals surface area contributed by atoms with Gasteiger partial charge in [0.15, 0.2) is 0 Å². The first-order chi connectivity index (χ1) is 16.1. The predicted octanol–water partition coefficient (Wildman–Crippen LogP) is 5.16. The molecule has 2 aromatic carbocycles. The van der Waals surface area contributed by atoms with Crippen LogP contribution in [-0.2, 0) is 6.42 Å². The van der Waals surface area contributed by atoms with Crippen molar-refractivity contribution in [1.82, 2.24) is 9.97 Å². The third-order valence-electron chi connectivity index (χ3n) is 5.72. The van der Waals surface area contributed by atoms with Crippen molar-refractivity contribution in [1.29, 1.82) is 0 Å². The van der Waals surface area contributed by atoms with E-state index in [0.717, 1.165) is 42.6 Å². The minimum atomic E-state index is -0.998. The summed E-state index contributed by atoms with van der Waals surface area (Å²) < 4.78 is 11.5. The molecule has 172 valence electrons. The Hall–Kier alpha value is -3.26. The number of carboxylic acids is 1. The number of hydrogen-bond acceptors (Lipinski definition) is 7. The lowest BCUT2D eigenvalue weighted by Crippen LogP contribution is -2.25. The Morgan fingerprint density at radius 2 is 2.00 bits per heavy atom. The maximum atomic E-state index is 11.6. The van der Waals surface area contributed by atoms with E-state index in [1.54, 1.807) is 37.1 Å². The first-order valence-electron chi connectivity index (χ1n) is 10.9. The van der Waals surface area contributed by atoms with E-state index >= 15 is 0 Å². The molecule has 33 heavy (non-hydrogen) atoms. The largest absolute Gasteiger partial charge is 0.496 e. The van der Waals surface area contributed by atoms with Gasteiger partial charge in [0, 0.05) is 23.1 Å². The fraction of sp³-hybridized carbons (Fsp3) is 0.320. The third-order valence-corrected chi connectivity index (χ3v) is 6.44. The van der Waals surface area contributed by atoms with Crippen molar-refractivity contribution in [2.45, 2.75) is 36.7 Å². The smallest absolute Gasteiger partial charge is 0.339 e. The molecule has 1 heterocycles. The minimum Gasteiger partial charge on any atom is -0.496 e. The van der Waals surface area contributed by atoms with Gasteiger partial charge >= 0.3 is 5.97 Å². The Balaban J connectivity index is 1.46. The quantitative estimate of drug-likeness (QED) is 0.397. The van der Waals surface area contributed by atoms with Gasteiger partial charge in [-0.05, 0) is 61.8 Å². The van der Waals surface area contributed by atoms with Crippen LogP contribution in [0.25, 0.3) is 11.3 Å². The van der Waals surface area contributed by atoms with Crippen LogP contribution < -0.4 is 14.8 Å². The minimum absolute atomic E-state index is 0.0861. The van der Waals surface area contributed by atoms with E-state index in [-0.39, 0.29) is 11.7 Å². The van der Waals surface area contributed by atoms with Crippen molar-refractivity contribution in [3.8, 4) is 22.8 Å². The Kier molecular flexibility index (Phi) is 7.34. The Morgan fingerprint density at radius 3 is 2.70 bits per heavy atom. The van der Waals surface area contributed by atoms with E-state index < -0.39 is 5.97 Å². The van der Waals surface area contributed by atoms with Gasteiger partial charge in [-0.1, -0.05) is 12.1 Å². The molecule has 8 heteroatoms. The molecule has 2 N–H and O–H groups in total. The van der Waals surface area contributed by atoms with Gasteiger partial charge in [-0.25, -0.2) is 14.8 Å². The summed E-state index contributed by atoms with van der Waals surface area (Å²) in [6.07, 6.45) is 7.43. The molecular formula is C25H27N3O4S. The van der Waals surface area contributed by atoms with Crippen LogP contribution in [0, 0.1) is 0 Å². The highest BCUT2D eigenvalue weighted by molar-refractivity contribution is 7.98. The standard InChI is InChI=1S/C25H27N3O4S/c1-31-22-13-19(33-2)8-6-16(22)10-11-26-24-14-21(27-15-28-24)17-7-9-20(25(29)30)23(12-17)32-18-4-3-5-18/h6-9,12-15,18H,3-5,10-11H2,1-2H3,(H,29,30)(H,26,27,28). The SMILES string of the molecule is COc1cc(SC)ccc1CCNc1cc(-c2ccc(C(=O)O)c(OC3CCC3)c2)ncn1. The molecule has 0 atom stereocenters. The molecule has 0 aliphatic heterocycles. The van der Waals surface area contributed by atoms with Gasteiger partial charge in [0.25, 0.3) is 0 Å². The Bertz CT molecular complexity index is 1130. The number of benzene rings is 2. The molecule has 0 spiro atoms. The average Bonchev–Trinajstić information content (AvgIpc) is 2.81. The number of methoxy groups -OCH3 is 1. The van der Waals surface area contributed by atoms with Gasteiger partial charge in [-0.15, -0.1) is 11.8 Å². The van der Waals surface area contributed by atoms with E-state index in [0.29, 0.717) is 23.8 Å². The average molecular weight is 466 g/mol. The molecule has 0 unspecified atom stereocenters. The Labute approximate surface area is 197 Å². The number of hydrogen-bond donors (Lipinski definition) is 2. The van der Waals surface area contributed by atoms with E-state index in [1.807, 2.05) is 18.4 Å². The maximum absolute atomic E-state index is 11.6. The highest BCUT2D eigenvalue weighted by atomic mass is 32.2. The van der Waals surface area contributed by atoms with Crippen molar-refractivity contribution in [3.05, 3.63) is 59.9 Å².